The lowest BCUT2D eigenvalue weighted by atomic mass is 9.95. The van der Waals surface area contributed by atoms with E-state index in [9.17, 15) is 0 Å². The van der Waals surface area contributed by atoms with Crippen molar-refractivity contribution in [2.24, 2.45) is 10.7 Å². The molecule has 4 rings (SSSR count). The van der Waals surface area contributed by atoms with Crippen LogP contribution in [0.2, 0.25) is 0 Å². The SMILES string of the molecule is Cc1nc(N=C(N)Nc2cccc(Oc3ccccc3)c2)nc2c1CCCC2. The number of benzene rings is 2. The van der Waals surface area contributed by atoms with Gasteiger partial charge in [-0.25, -0.2) is 9.97 Å². The number of ether oxygens (including phenoxy) is 1. The zero-order chi connectivity index (χ0) is 19.3. The largest absolute Gasteiger partial charge is 0.457 e. The van der Waals surface area contributed by atoms with Crippen molar-refractivity contribution < 1.29 is 4.74 Å². The van der Waals surface area contributed by atoms with E-state index in [1.54, 1.807) is 0 Å². The van der Waals surface area contributed by atoms with Gasteiger partial charge in [0, 0.05) is 23.1 Å². The Morgan fingerprint density at radius 3 is 2.64 bits per heavy atom. The molecule has 0 unspecified atom stereocenters. The number of rotatable bonds is 4. The van der Waals surface area contributed by atoms with Crippen LogP contribution in [-0.4, -0.2) is 15.9 Å². The van der Waals surface area contributed by atoms with Gasteiger partial charge >= 0.3 is 0 Å². The Morgan fingerprint density at radius 1 is 1.00 bits per heavy atom. The summed E-state index contributed by atoms with van der Waals surface area (Å²) in [5.41, 5.74) is 10.2. The van der Waals surface area contributed by atoms with Crippen LogP contribution in [0, 0.1) is 6.92 Å². The number of aryl methyl sites for hydroxylation is 2. The van der Waals surface area contributed by atoms with Crippen LogP contribution < -0.4 is 15.8 Å². The van der Waals surface area contributed by atoms with Crippen LogP contribution in [-0.2, 0) is 12.8 Å². The number of nitrogens with one attached hydrogen (secondary N) is 1. The molecule has 0 saturated heterocycles. The van der Waals surface area contributed by atoms with Crippen molar-refractivity contribution in [2.45, 2.75) is 32.6 Å². The summed E-state index contributed by atoms with van der Waals surface area (Å²) in [7, 11) is 0. The number of nitrogens with zero attached hydrogens (tertiary/aromatic N) is 3. The van der Waals surface area contributed by atoms with Crippen LogP contribution in [0.5, 0.6) is 11.5 Å². The van der Waals surface area contributed by atoms with Gasteiger partial charge in [0.15, 0.2) is 0 Å². The van der Waals surface area contributed by atoms with Crippen molar-refractivity contribution in [1.29, 1.82) is 0 Å². The van der Waals surface area contributed by atoms with Gasteiger partial charge in [0.2, 0.25) is 5.96 Å². The molecule has 142 valence electrons. The topological polar surface area (TPSA) is 85.4 Å². The first-order valence-corrected chi connectivity index (χ1v) is 9.48. The number of guanidine groups is 1. The fourth-order valence-corrected chi connectivity index (χ4v) is 3.36. The molecule has 0 atom stereocenters. The lowest BCUT2D eigenvalue weighted by Gasteiger charge is -2.16. The van der Waals surface area contributed by atoms with Gasteiger partial charge in [0.25, 0.3) is 5.95 Å². The molecule has 0 spiro atoms. The second-order valence-corrected chi connectivity index (χ2v) is 6.81. The quantitative estimate of drug-likeness (QED) is 0.519. The number of anilines is 1. The van der Waals surface area contributed by atoms with Crippen LogP contribution in [0.1, 0.15) is 29.8 Å². The molecule has 3 N–H and O–H groups in total. The number of para-hydroxylation sites is 1. The molecule has 3 aromatic rings. The molecule has 0 amide bonds. The first kappa shape index (κ1) is 18.0. The zero-order valence-corrected chi connectivity index (χ0v) is 15.9. The number of hydrogen-bond donors (Lipinski definition) is 2. The highest BCUT2D eigenvalue weighted by Gasteiger charge is 2.15. The molecule has 1 aromatic heterocycles. The number of fused-ring (bicyclic) bond motifs is 1. The minimum absolute atomic E-state index is 0.243. The van der Waals surface area contributed by atoms with E-state index >= 15 is 0 Å². The van der Waals surface area contributed by atoms with E-state index in [1.807, 2.05) is 61.5 Å². The first-order chi connectivity index (χ1) is 13.7. The summed E-state index contributed by atoms with van der Waals surface area (Å²) >= 11 is 0. The molecular weight excluding hydrogens is 350 g/mol. The normalized spacial score (nSPS) is 13.7. The zero-order valence-electron chi connectivity index (χ0n) is 15.9. The molecule has 1 aliphatic carbocycles. The van der Waals surface area contributed by atoms with Gasteiger partial charge in [0.05, 0.1) is 0 Å². The van der Waals surface area contributed by atoms with Crippen molar-refractivity contribution >= 4 is 17.6 Å². The Kier molecular flexibility index (Phi) is 5.19. The molecule has 6 nitrogen and oxygen atoms in total. The summed E-state index contributed by atoms with van der Waals surface area (Å²) in [6.07, 6.45) is 4.39. The van der Waals surface area contributed by atoms with Crippen molar-refractivity contribution in [3.8, 4) is 11.5 Å². The van der Waals surface area contributed by atoms with Gasteiger partial charge in [-0.3, -0.25) is 0 Å². The van der Waals surface area contributed by atoms with Gasteiger partial charge in [-0.1, -0.05) is 24.3 Å². The Bertz CT molecular complexity index is 1000. The highest BCUT2D eigenvalue weighted by atomic mass is 16.5. The predicted molar refractivity (Wildman–Crippen MR) is 111 cm³/mol. The molecule has 0 saturated carbocycles. The van der Waals surface area contributed by atoms with Crippen LogP contribution in [0.3, 0.4) is 0 Å². The van der Waals surface area contributed by atoms with Gasteiger partial charge < -0.3 is 15.8 Å². The molecule has 2 aromatic carbocycles. The maximum atomic E-state index is 6.08. The van der Waals surface area contributed by atoms with E-state index in [0.717, 1.165) is 42.1 Å². The average Bonchev–Trinajstić information content (AvgIpc) is 2.69. The average molecular weight is 373 g/mol. The van der Waals surface area contributed by atoms with Crippen LogP contribution in [0.4, 0.5) is 11.6 Å². The molecule has 1 aliphatic rings. The van der Waals surface area contributed by atoms with Crippen molar-refractivity contribution in [1.82, 2.24) is 9.97 Å². The number of hydrogen-bond acceptors (Lipinski definition) is 4. The molecule has 0 fully saturated rings. The maximum Gasteiger partial charge on any atom is 0.253 e. The first-order valence-electron chi connectivity index (χ1n) is 9.48. The molecular formula is C22H23N5O. The highest BCUT2D eigenvalue weighted by molar-refractivity contribution is 5.93. The van der Waals surface area contributed by atoms with E-state index in [0.29, 0.717) is 11.7 Å². The van der Waals surface area contributed by atoms with Crippen LogP contribution >= 0.6 is 0 Å². The fraction of sp³-hybridized carbons (Fsp3) is 0.227. The molecule has 0 bridgehead atoms. The summed E-state index contributed by atoms with van der Waals surface area (Å²) in [6, 6.07) is 17.2. The third kappa shape index (κ3) is 4.28. The minimum Gasteiger partial charge on any atom is -0.457 e. The Balaban J connectivity index is 1.50. The third-order valence-electron chi connectivity index (χ3n) is 4.68. The Hall–Kier alpha value is -3.41. The standard InChI is InChI=1S/C22H23N5O/c1-15-19-12-5-6-13-20(19)26-22(24-15)27-21(23)25-16-8-7-11-18(14-16)28-17-9-3-2-4-10-17/h2-4,7-11,14H,5-6,12-13H2,1H3,(H3,23,24,25,26,27). The van der Waals surface area contributed by atoms with Gasteiger partial charge in [-0.15, -0.1) is 0 Å². The third-order valence-corrected chi connectivity index (χ3v) is 4.68. The van der Waals surface area contributed by atoms with E-state index in [-0.39, 0.29) is 5.96 Å². The van der Waals surface area contributed by atoms with E-state index in [1.165, 1.54) is 12.0 Å². The highest BCUT2D eigenvalue weighted by Crippen LogP contribution is 2.25. The Morgan fingerprint density at radius 2 is 1.79 bits per heavy atom. The van der Waals surface area contributed by atoms with Crippen LogP contribution in [0.15, 0.2) is 59.6 Å². The molecule has 28 heavy (non-hydrogen) atoms. The summed E-state index contributed by atoms with van der Waals surface area (Å²) < 4.78 is 5.85. The van der Waals surface area contributed by atoms with E-state index in [2.05, 4.69) is 20.3 Å². The monoisotopic (exact) mass is 373 g/mol. The number of aromatic nitrogens is 2. The van der Waals surface area contributed by atoms with Crippen molar-refractivity contribution in [3.63, 3.8) is 0 Å². The lowest BCUT2D eigenvalue weighted by molar-refractivity contribution is 0.483. The number of aliphatic imine (C=N–C) groups is 1. The Labute approximate surface area is 164 Å². The summed E-state index contributed by atoms with van der Waals surface area (Å²) in [6.45, 7) is 2.01. The fourth-order valence-electron chi connectivity index (χ4n) is 3.36. The predicted octanol–water partition coefficient (Wildman–Crippen LogP) is 4.51. The van der Waals surface area contributed by atoms with E-state index < -0.39 is 0 Å². The lowest BCUT2D eigenvalue weighted by Crippen LogP contribution is -2.22. The maximum absolute atomic E-state index is 6.08. The van der Waals surface area contributed by atoms with E-state index in [4.69, 9.17) is 10.5 Å². The summed E-state index contributed by atoms with van der Waals surface area (Å²) in [5.74, 6) is 2.14. The van der Waals surface area contributed by atoms with Gasteiger partial charge in [0.1, 0.15) is 11.5 Å². The minimum atomic E-state index is 0.243. The molecule has 6 heteroatoms. The second kappa shape index (κ2) is 8.08. The van der Waals surface area contributed by atoms with Gasteiger partial charge in [-0.2, -0.15) is 4.99 Å². The van der Waals surface area contributed by atoms with Crippen LogP contribution in [0.25, 0.3) is 0 Å². The van der Waals surface area contributed by atoms with Crippen molar-refractivity contribution in [3.05, 3.63) is 71.5 Å². The molecule has 0 aliphatic heterocycles. The molecule has 1 heterocycles. The molecule has 0 radical (unpaired) electrons. The second-order valence-electron chi connectivity index (χ2n) is 6.81. The summed E-state index contributed by atoms with van der Waals surface area (Å²) in [5, 5.41) is 3.08. The van der Waals surface area contributed by atoms with Gasteiger partial charge in [-0.05, 0) is 62.4 Å². The summed E-state index contributed by atoms with van der Waals surface area (Å²) in [4.78, 5) is 13.4. The van der Waals surface area contributed by atoms with Crippen molar-refractivity contribution in [2.75, 3.05) is 5.32 Å². The smallest absolute Gasteiger partial charge is 0.253 e. The number of nitrogens with two attached hydrogens (primary N) is 1.